The fraction of sp³-hybridized carbons (Fsp3) is 1.00. The molecule has 3 heteroatoms. The third-order valence-electron chi connectivity index (χ3n) is 2.65. The Bertz CT molecular complexity index is 108. The maximum absolute atomic E-state index is 5.47. The lowest BCUT2D eigenvalue weighted by molar-refractivity contribution is 0.0957. The Labute approximate surface area is 75.2 Å². The lowest BCUT2D eigenvalue weighted by Gasteiger charge is -2.32. The summed E-state index contributed by atoms with van der Waals surface area (Å²) in [5.74, 6) is 5.47. The van der Waals surface area contributed by atoms with Gasteiger partial charge in [0, 0.05) is 12.6 Å². The van der Waals surface area contributed by atoms with Crippen molar-refractivity contribution in [2.45, 2.75) is 51.5 Å². The fourth-order valence-electron chi connectivity index (χ4n) is 1.99. The Morgan fingerprint density at radius 1 is 1.33 bits per heavy atom. The van der Waals surface area contributed by atoms with Crippen LogP contribution in [-0.2, 0) is 0 Å². The van der Waals surface area contributed by atoms with E-state index < -0.39 is 0 Å². The van der Waals surface area contributed by atoms with Gasteiger partial charge in [0.15, 0.2) is 0 Å². The van der Waals surface area contributed by atoms with Gasteiger partial charge in [-0.3, -0.25) is 5.84 Å². The Balaban J connectivity index is 2.29. The standard InChI is InChI=1S/C9H21N3/c1-2-8-12(11-10)9-6-4-3-5-7-9/h9,11H,2-8,10H2,1H3. The van der Waals surface area contributed by atoms with Crippen molar-refractivity contribution < 1.29 is 0 Å². The molecular formula is C9H21N3. The zero-order chi connectivity index (χ0) is 8.81. The van der Waals surface area contributed by atoms with Crippen LogP contribution < -0.4 is 11.4 Å². The van der Waals surface area contributed by atoms with Crippen molar-refractivity contribution in [2.75, 3.05) is 6.54 Å². The second-order valence-electron chi connectivity index (χ2n) is 3.61. The average Bonchev–Trinajstić information content (AvgIpc) is 2.15. The largest absolute Gasteiger partial charge is 0.258 e. The van der Waals surface area contributed by atoms with E-state index in [1.807, 2.05) is 0 Å². The van der Waals surface area contributed by atoms with Crippen LogP contribution >= 0.6 is 0 Å². The van der Waals surface area contributed by atoms with Crippen molar-refractivity contribution in [1.29, 1.82) is 0 Å². The maximum Gasteiger partial charge on any atom is 0.0256 e. The second-order valence-corrected chi connectivity index (χ2v) is 3.61. The molecule has 12 heavy (non-hydrogen) atoms. The van der Waals surface area contributed by atoms with Crippen molar-refractivity contribution in [1.82, 2.24) is 10.5 Å². The minimum Gasteiger partial charge on any atom is -0.258 e. The molecule has 0 radical (unpaired) electrons. The van der Waals surface area contributed by atoms with Gasteiger partial charge in [0.05, 0.1) is 0 Å². The molecule has 0 aromatic rings. The summed E-state index contributed by atoms with van der Waals surface area (Å²) in [5.41, 5.74) is 2.81. The van der Waals surface area contributed by atoms with E-state index in [9.17, 15) is 0 Å². The third kappa shape index (κ3) is 2.73. The minimum absolute atomic E-state index is 0.684. The lowest BCUT2D eigenvalue weighted by Crippen LogP contribution is -2.50. The lowest BCUT2D eigenvalue weighted by atomic mass is 9.95. The van der Waals surface area contributed by atoms with E-state index in [0.717, 1.165) is 6.54 Å². The number of nitrogens with one attached hydrogen (secondary N) is 1. The van der Waals surface area contributed by atoms with E-state index in [2.05, 4.69) is 17.5 Å². The van der Waals surface area contributed by atoms with E-state index in [1.165, 1.54) is 38.5 Å². The quantitative estimate of drug-likeness (QED) is 0.496. The molecule has 72 valence electrons. The van der Waals surface area contributed by atoms with Crippen LogP contribution in [0.5, 0.6) is 0 Å². The molecule has 0 aliphatic heterocycles. The molecule has 0 heterocycles. The van der Waals surface area contributed by atoms with E-state index >= 15 is 0 Å². The van der Waals surface area contributed by atoms with Gasteiger partial charge in [0.25, 0.3) is 0 Å². The smallest absolute Gasteiger partial charge is 0.0256 e. The molecular weight excluding hydrogens is 150 g/mol. The Hall–Kier alpha value is -0.120. The van der Waals surface area contributed by atoms with Crippen LogP contribution in [0.2, 0.25) is 0 Å². The first-order valence-corrected chi connectivity index (χ1v) is 5.11. The highest BCUT2D eigenvalue weighted by Gasteiger charge is 2.18. The molecule has 0 aromatic heterocycles. The van der Waals surface area contributed by atoms with E-state index in [4.69, 9.17) is 5.84 Å². The summed E-state index contributed by atoms with van der Waals surface area (Å²) in [4.78, 5) is 0. The summed E-state index contributed by atoms with van der Waals surface area (Å²) >= 11 is 0. The first-order chi connectivity index (χ1) is 5.88. The zero-order valence-electron chi connectivity index (χ0n) is 8.05. The molecule has 1 fully saturated rings. The molecule has 3 nitrogen and oxygen atoms in total. The molecule has 0 atom stereocenters. The maximum atomic E-state index is 5.47. The molecule has 0 amide bonds. The number of nitrogens with zero attached hydrogens (tertiary/aromatic N) is 1. The molecule has 0 saturated heterocycles. The highest BCUT2D eigenvalue weighted by atomic mass is 15.6. The first kappa shape index (κ1) is 9.96. The fourth-order valence-corrected chi connectivity index (χ4v) is 1.99. The Kier molecular flexibility index (Phi) is 4.58. The van der Waals surface area contributed by atoms with Crippen molar-refractivity contribution in [3.05, 3.63) is 0 Å². The highest BCUT2D eigenvalue weighted by molar-refractivity contribution is 4.72. The van der Waals surface area contributed by atoms with Gasteiger partial charge in [-0.25, -0.2) is 5.01 Å². The average molecular weight is 171 g/mol. The predicted octanol–water partition coefficient (Wildman–Crippen LogP) is 1.41. The SMILES string of the molecule is CCCN(NN)C1CCCCC1. The molecule has 0 spiro atoms. The first-order valence-electron chi connectivity index (χ1n) is 5.11. The van der Waals surface area contributed by atoms with Gasteiger partial charge in [-0.2, -0.15) is 5.53 Å². The number of hydrazine groups is 2. The van der Waals surface area contributed by atoms with Gasteiger partial charge in [-0.05, 0) is 19.3 Å². The van der Waals surface area contributed by atoms with Crippen LogP contribution in [0.25, 0.3) is 0 Å². The van der Waals surface area contributed by atoms with Crippen LogP contribution in [0, 0.1) is 0 Å². The van der Waals surface area contributed by atoms with Crippen molar-refractivity contribution >= 4 is 0 Å². The van der Waals surface area contributed by atoms with Gasteiger partial charge >= 0.3 is 0 Å². The normalized spacial score (nSPS) is 20.2. The summed E-state index contributed by atoms with van der Waals surface area (Å²) in [6.07, 6.45) is 7.93. The number of hydrogen-bond acceptors (Lipinski definition) is 3. The van der Waals surface area contributed by atoms with Crippen LogP contribution in [0.1, 0.15) is 45.4 Å². The second kappa shape index (κ2) is 5.51. The van der Waals surface area contributed by atoms with Crippen LogP contribution in [0.3, 0.4) is 0 Å². The van der Waals surface area contributed by atoms with Crippen LogP contribution in [0.4, 0.5) is 0 Å². The molecule has 3 N–H and O–H groups in total. The van der Waals surface area contributed by atoms with Gasteiger partial charge in [-0.1, -0.05) is 26.2 Å². The molecule has 1 aliphatic carbocycles. The molecule has 0 bridgehead atoms. The Morgan fingerprint density at radius 2 is 2.00 bits per heavy atom. The minimum atomic E-state index is 0.684. The zero-order valence-corrected chi connectivity index (χ0v) is 8.05. The van der Waals surface area contributed by atoms with E-state index in [0.29, 0.717) is 6.04 Å². The predicted molar refractivity (Wildman–Crippen MR) is 51.2 cm³/mol. The molecule has 1 saturated carbocycles. The summed E-state index contributed by atoms with van der Waals surface area (Å²) in [7, 11) is 0. The Morgan fingerprint density at radius 3 is 2.50 bits per heavy atom. The van der Waals surface area contributed by atoms with Gasteiger partial charge in [0.2, 0.25) is 0 Å². The van der Waals surface area contributed by atoms with Crippen molar-refractivity contribution in [3.8, 4) is 0 Å². The van der Waals surface area contributed by atoms with Gasteiger partial charge < -0.3 is 0 Å². The van der Waals surface area contributed by atoms with Gasteiger partial charge in [-0.15, -0.1) is 0 Å². The van der Waals surface area contributed by atoms with Crippen LogP contribution in [0.15, 0.2) is 0 Å². The topological polar surface area (TPSA) is 41.3 Å². The van der Waals surface area contributed by atoms with Crippen molar-refractivity contribution in [2.24, 2.45) is 5.84 Å². The molecule has 0 unspecified atom stereocenters. The number of nitrogens with two attached hydrogens (primary N) is 1. The number of hydrogen-bond donors (Lipinski definition) is 2. The van der Waals surface area contributed by atoms with Crippen LogP contribution in [-0.4, -0.2) is 17.6 Å². The van der Waals surface area contributed by atoms with Crippen molar-refractivity contribution in [3.63, 3.8) is 0 Å². The molecule has 1 aliphatic rings. The third-order valence-corrected chi connectivity index (χ3v) is 2.65. The molecule has 0 aromatic carbocycles. The summed E-state index contributed by atoms with van der Waals surface area (Å²) in [6, 6.07) is 0.684. The van der Waals surface area contributed by atoms with Gasteiger partial charge in [0.1, 0.15) is 0 Å². The summed E-state index contributed by atoms with van der Waals surface area (Å²) in [5, 5.41) is 2.19. The summed E-state index contributed by atoms with van der Waals surface area (Å²) < 4.78 is 0. The van der Waals surface area contributed by atoms with E-state index in [-0.39, 0.29) is 0 Å². The van der Waals surface area contributed by atoms with E-state index in [1.54, 1.807) is 0 Å². The highest BCUT2D eigenvalue weighted by Crippen LogP contribution is 2.21. The molecule has 1 rings (SSSR count). The summed E-state index contributed by atoms with van der Waals surface area (Å²) in [6.45, 7) is 3.26. The number of rotatable bonds is 4. The monoisotopic (exact) mass is 171 g/mol.